The minimum atomic E-state index is 0.592. The van der Waals surface area contributed by atoms with Gasteiger partial charge < -0.3 is 20.3 Å². The fraction of sp³-hybridized carbons (Fsp3) is 0.462. The molecule has 0 spiro atoms. The maximum absolute atomic E-state index is 5.86. The van der Waals surface area contributed by atoms with Gasteiger partial charge in [-0.3, -0.25) is 0 Å². The average molecular weight is 278 g/mol. The zero-order chi connectivity index (χ0) is 13.4. The predicted octanol–water partition coefficient (Wildman–Crippen LogP) is 1.64. The largest absolute Gasteiger partial charge is 0.494 e. The Kier molecular flexibility index (Phi) is 3.20. The van der Waals surface area contributed by atoms with Crippen LogP contribution in [-0.4, -0.2) is 50.2 Å². The molecule has 102 valence electrons. The van der Waals surface area contributed by atoms with Crippen LogP contribution in [0.25, 0.3) is 10.2 Å². The number of nitrogens with zero attached hydrogens (tertiary/aromatic N) is 3. The van der Waals surface area contributed by atoms with Gasteiger partial charge in [0.15, 0.2) is 5.13 Å². The Bertz CT molecular complexity index is 590. The van der Waals surface area contributed by atoms with Crippen molar-refractivity contribution >= 4 is 32.4 Å². The Morgan fingerprint density at radius 3 is 2.68 bits per heavy atom. The number of likely N-dealkylation sites (N-methyl/N-ethyl adjacent to an activating group) is 1. The quantitative estimate of drug-likeness (QED) is 0.905. The van der Waals surface area contributed by atoms with Crippen LogP contribution in [-0.2, 0) is 0 Å². The molecular weight excluding hydrogens is 260 g/mol. The van der Waals surface area contributed by atoms with Gasteiger partial charge in [0.2, 0.25) is 0 Å². The first-order valence-electron chi connectivity index (χ1n) is 6.35. The van der Waals surface area contributed by atoms with Crippen LogP contribution in [0, 0.1) is 0 Å². The second-order valence-corrected chi connectivity index (χ2v) is 5.84. The Balaban J connectivity index is 2.04. The Hall–Kier alpha value is -1.53. The molecule has 5 nitrogen and oxygen atoms in total. The smallest absolute Gasteiger partial charge is 0.181 e. The summed E-state index contributed by atoms with van der Waals surface area (Å²) in [6.07, 6.45) is 0. The molecule has 1 aromatic carbocycles. The molecule has 0 bridgehead atoms. The SMILES string of the molecule is COc1ccc(N2CCN(C)CC2)c2sc(N)nc12. The van der Waals surface area contributed by atoms with E-state index < -0.39 is 0 Å². The summed E-state index contributed by atoms with van der Waals surface area (Å²) in [5.74, 6) is 0.792. The van der Waals surface area contributed by atoms with Crippen molar-refractivity contribution < 1.29 is 4.74 Å². The lowest BCUT2D eigenvalue weighted by molar-refractivity contribution is 0.313. The number of fused-ring (bicyclic) bond motifs is 1. The third-order valence-electron chi connectivity index (χ3n) is 3.57. The number of nitrogen functional groups attached to an aromatic ring is 1. The van der Waals surface area contributed by atoms with Crippen molar-refractivity contribution in [3.63, 3.8) is 0 Å². The maximum Gasteiger partial charge on any atom is 0.181 e. The molecule has 0 aliphatic carbocycles. The van der Waals surface area contributed by atoms with Gasteiger partial charge in [-0.25, -0.2) is 4.98 Å². The molecule has 2 heterocycles. The highest BCUT2D eigenvalue weighted by molar-refractivity contribution is 7.22. The molecule has 1 saturated heterocycles. The van der Waals surface area contributed by atoms with Crippen LogP contribution in [0.15, 0.2) is 12.1 Å². The molecule has 2 N–H and O–H groups in total. The van der Waals surface area contributed by atoms with Gasteiger partial charge in [-0.1, -0.05) is 11.3 Å². The van der Waals surface area contributed by atoms with Crippen molar-refractivity contribution in [3.05, 3.63) is 12.1 Å². The van der Waals surface area contributed by atoms with Crippen LogP contribution in [0.1, 0.15) is 0 Å². The van der Waals surface area contributed by atoms with E-state index in [0.717, 1.165) is 42.1 Å². The third kappa shape index (κ3) is 2.21. The van der Waals surface area contributed by atoms with Gasteiger partial charge in [0.25, 0.3) is 0 Å². The van der Waals surface area contributed by atoms with E-state index in [1.165, 1.54) is 17.0 Å². The van der Waals surface area contributed by atoms with Crippen LogP contribution in [0.4, 0.5) is 10.8 Å². The molecule has 1 aliphatic heterocycles. The highest BCUT2D eigenvalue weighted by Gasteiger charge is 2.19. The lowest BCUT2D eigenvalue weighted by atomic mass is 10.2. The van der Waals surface area contributed by atoms with Gasteiger partial charge in [0.05, 0.1) is 17.5 Å². The number of hydrogen-bond acceptors (Lipinski definition) is 6. The zero-order valence-corrected chi connectivity index (χ0v) is 12.0. The molecule has 1 fully saturated rings. The molecule has 3 rings (SSSR count). The number of benzene rings is 1. The summed E-state index contributed by atoms with van der Waals surface area (Å²) < 4.78 is 6.49. The summed E-state index contributed by atoms with van der Waals surface area (Å²) >= 11 is 1.53. The molecule has 0 amide bonds. The summed E-state index contributed by atoms with van der Waals surface area (Å²) in [4.78, 5) is 9.14. The highest BCUT2D eigenvalue weighted by Crippen LogP contribution is 2.38. The minimum absolute atomic E-state index is 0.592. The van der Waals surface area contributed by atoms with E-state index in [0.29, 0.717) is 5.13 Å². The standard InChI is InChI=1S/C13H18N4OS/c1-16-5-7-17(8-6-16)9-3-4-10(18-2)11-12(9)19-13(14)15-11/h3-4H,5-8H2,1-2H3,(H2,14,15). The number of ether oxygens (including phenoxy) is 1. The van der Waals surface area contributed by atoms with E-state index in [4.69, 9.17) is 10.5 Å². The van der Waals surface area contributed by atoms with Crippen LogP contribution in [0.5, 0.6) is 5.75 Å². The second-order valence-electron chi connectivity index (χ2n) is 4.81. The lowest BCUT2D eigenvalue weighted by Gasteiger charge is -2.34. The summed E-state index contributed by atoms with van der Waals surface area (Å²) in [6, 6.07) is 4.10. The van der Waals surface area contributed by atoms with Gasteiger partial charge >= 0.3 is 0 Å². The second kappa shape index (κ2) is 4.86. The number of nitrogens with two attached hydrogens (primary N) is 1. The summed E-state index contributed by atoms with van der Waals surface area (Å²) in [5.41, 5.74) is 7.96. The van der Waals surface area contributed by atoms with E-state index in [1.54, 1.807) is 7.11 Å². The van der Waals surface area contributed by atoms with Crippen LogP contribution in [0.2, 0.25) is 0 Å². The topological polar surface area (TPSA) is 54.6 Å². The van der Waals surface area contributed by atoms with Gasteiger partial charge in [-0.15, -0.1) is 0 Å². The summed E-state index contributed by atoms with van der Waals surface area (Å²) in [7, 11) is 3.82. The van der Waals surface area contributed by atoms with E-state index in [1.807, 2.05) is 6.07 Å². The van der Waals surface area contributed by atoms with Gasteiger partial charge in [-0.2, -0.15) is 0 Å². The van der Waals surface area contributed by atoms with E-state index in [-0.39, 0.29) is 0 Å². The maximum atomic E-state index is 5.86. The molecule has 0 atom stereocenters. The molecule has 1 aliphatic rings. The number of hydrogen-bond donors (Lipinski definition) is 1. The predicted molar refractivity (Wildman–Crippen MR) is 80.3 cm³/mol. The van der Waals surface area contributed by atoms with E-state index >= 15 is 0 Å². The highest BCUT2D eigenvalue weighted by atomic mass is 32.1. The van der Waals surface area contributed by atoms with Crippen molar-refractivity contribution in [3.8, 4) is 5.75 Å². The number of thiazole rings is 1. The monoisotopic (exact) mass is 278 g/mol. The van der Waals surface area contributed by atoms with Gasteiger partial charge in [0, 0.05) is 26.2 Å². The minimum Gasteiger partial charge on any atom is -0.494 e. The number of aromatic nitrogens is 1. The van der Waals surface area contributed by atoms with E-state index in [9.17, 15) is 0 Å². The first kappa shape index (κ1) is 12.5. The molecule has 0 unspecified atom stereocenters. The normalized spacial score (nSPS) is 17.1. The Labute approximate surface area is 116 Å². The van der Waals surface area contributed by atoms with Crippen molar-refractivity contribution in [2.75, 3.05) is 51.0 Å². The molecule has 2 aromatic rings. The lowest BCUT2D eigenvalue weighted by Crippen LogP contribution is -2.44. The number of anilines is 2. The summed E-state index contributed by atoms with van der Waals surface area (Å²) in [5, 5.41) is 0.592. The molecule has 1 aromatic heterocycles. The van der Waals surface area contributed by atoms with Crippen molar-refractivity contribution in [1.29, 1.82) is 0 Å². The van der Waals surface area contributed by atoms with Crippen LogP contribution >= 0.6 is 11.3 Å². The number of rotatable bonds is 2. The fourth-order valence-corrected chi connectivity index (χ4v) is 3.34. The molecular formula is C13H18N4OS. The molecule has 0 radical (unpaired) electrons. The third-order valence-corrected chi connectivity index (χ3v) is 4.47. The van der Waals surface area contributed by atoms with Gasteiger partial charge in [-0.05, 0) is 19.2 Å². The van der Waals surface area contributed by atoms with Crippen molar-refractivity contribution in [2.45, 2.75) is 0 Å². The van der Waals surface area contributed by atoms with Crippen LogP contribution < -0.4 is 15.4 Å². The first-order chi connectivity index (χ1) is 9.19. The fourth-order valence-electron chi connectivity index (χ4n) is 2.45. The van der Waals surface area contributed by atoms with Gasteiger partial charge in [0.1, 0.15) is 11.3 Å². The zero-order valence-electron chi connectivity index (χ0n) is 11.2. The van der Waals surface area contributed by atoms with Crippen molar-refractivity contribution in [2.24, 2.45) is 0 Å². The number of piperazine rings is 1. The van der Waals surface area contributed by atoms with Crippen molar-refractivity contribution in [1.82, 2.24) is 9.88 Å². The number of methoxy groups -OCH3 is 1. The Morgan fingerprint density at radius 1 is 1.26 bits per heavy atom. The molecule has 6 heteroatoms. The van der Waals surface area contributed by atoms with Crippen LogP contribution in [0.3, 0.4) is 0 Å². The van der Waals surface area contributed by atoms with E-state index in [2.05, 4.69) is 27.9 Å². The molecule has 0 saturated carbocycles. The first-order valence-corrected chi connectivity index (χ1v) is 7.17. The summed E-state index contributed by atoms with van der Waals surface area (Å²) in [6.45, 7) is 4.25. The Morgan fingerprint density at radius 2 is 2.00 bits per heavy atom. The average Bonchev–Trinajstić information content (AvgIpc) is 2.80. The molecule has 19 heavy (non-hydrogen) atoms.